The third-order valence-corrected chi connectivity index (χ3v) is 8.27. The van der Waals surface area contributed by atoms with Crippen molar-refractivity contribution in [3.8, 4) is 0 Å². The highest BCUT2D eigenvalue weighted by Gasteiger charge is 2.43. The highest BCUT2D eigenvalue weighted by atomic mass is 79.9. The molecule has 1 aromatic carbocycles. The van der Waals surface area contributed by atoms with Gasteiger partial charge in [0.1, 0.15) is 11.1 Å². The van der Waals surface area contributed by atoms with Crippen LogP contribution < -0.4 is 5.56 Å². The lowest BCUT2D eigenvalue weighted by Gasteiger charge is -2.40. The Morgan fingerprint density at radius 3 is 2.45 bits per heavy atom. The normalized spacial score (nSPS) is 16.6. The molecule has 0 amide bonds. The maximum Gasteiger partial charge on any atom is 0.312 e. The van der Waals surface area contributed by atoms with Crippen molar-refractivity contribution in [3.63, 3.8) is 0 Å². The van der Waals surface area contributed by atoms with Crippen molar-refractivity contribution in [1.82, 2.24) is 14.3 Å². The summed E-state index contributed by atoms with van der Waals surface area (Å²) >= 11 is 3.56. The molecule has 0 unspecified atom stereocenters. The second-order valence-electron chi connectivity index (χ2n) is 10.2. The molecule has 40 heavy (non-hydrogen) atoms. The molecule has 3 rings (SSSR count). The van der Waals surface area contributed by atoms with Crippen LogP contribution in [0.2, 0.25) is 0 Å². The van der Waals surface area contributed by atoms with Crippen molar-refractivity contribution >= 4 is 27.6 Å². The van der Waals surface area contributed by atoms with Gasteiger partial charge >= 0.3 is 5.97 Å². The number of ether oxygens (including phenoxy) is 1. The molecule has 1 aliphatic rings. The van der Waals surface area contributed by atoms with Gasteiger partial charge in [-0.2, -0.15) is 0 Å². The zero-order valence-electron chi connectivity index (χ0n) is 24.2. The maximum absolute atomic E-state index is 13.7. The van der Waals surface area contributed by atoms with E-state index >= 15 is 0 Å². The van der Waals surface area contributed by atoms with Crippen molar-refractivity contribution in [2.75, 3.05) is 19.7 Å². The number of allylic oxidation sites excluding steroid dienone is 7. The predicted octanol–water partition coefficient (Wildman–Crippen LogP) is 6.83. The van der Waals surface area contributed by atoms with E-state index in [9.17, 15) is 9.59 Å². The van der Waals surface area contributed by atoms with Crippen LogP contribution in [0, 0.1) is 5.41 Å². The summed E-state index contributed by atoms with van der Waals surface area (Å²) in [5.41, 5.74) is 3.10. The minimum absolute atomic E-state index is 0.0804. The van der Waals surface area contributed by atoms with Gasteiger partial charge in [0.25, 0.3) is 5.56 Å². The summed E-state index contributed by atoms with van der Waals surface area (Å²) in [7, 11) is 1.91. The molecule has 0 aliphatic carbocycles. The number of hydrogen-bond acceptors (Lipinski definition) is 4. The smallest absolute Gasteiger partial charge is 0.312 e. The SMILES string of the molecule is C=C/C=C(\C=C/CC)COC(=O)C1(Cc2ccccc2)CCN(Cc2c(Br)c(=O)n(C(/C=C\C)=C/C)n2C)CC1. The van der Waals surface area contributed by atoms with E-state index in [0.29, 0.717) is 30.3 Å². The maximum atomic E-state index is 13.7. The lowest BCUT2D eigenvalue weighted by Crippen LogP contribution is -2.46. The van der Waals surface area contributed by atoms with Crippen LogP contribution in [0.1, 0.15) is 51.3 Å². The number of carbonyl (C=O) groups is 1. The van der Waals surface area contributed by atoms with Gasteiger partial charge < -0.3 is 4.74 Å². The van der Waals surface area contributed by atoms with Crippen molar-refractivity contribution < 1.29 is 9.53 Å². The summed E-state index contributed by atoms with van der Waals surface area (Å²) in [5.74, 6) is -0.153. The topological polar surface area (TPSA) is 56.5 Å². The number of esters is 1. The molecule has 7 heteroatoms. The summed E-state index contributed by atoms with van der Waals surface area (Å²) in [6.45, 7) is 12.0. The zero-order chi connectivity index (χ0) is 29.1. The van der Waals surface area contributed by atoms with Crippen LogP contribution in [0.25, 0.3) is 5.70 Å². The number of likely N-dealkylation sites (tertiary alicyclic amines) is 1. The number of halogens is 1. The van der Waals surface area contributed by atoms with Gasteiger partial charge in [-0.3, -0.25) is 19.2 Å². The van der Waals surface area contributed by atoms with Gasteiger partial charge in [0.05, 0.1) is 16.8 Å². The van der Waals surface area contributed by atoms with Crippen LogP contribution in [0.5, 0.6) is 0 Å². The van der Waals surface area contributed by atoms with Crippen molar-refractivity contribution in [2.24, 2.45) is 12.5 Å². The van der Waals surface area contributed by atoms with Crippen molar-refractivity contribution in [3.05, 3.63) is 111 Å². The van der Waals surface area contributed by atoms with E-state index in [0.717, 1.165) is 42.0 Å². The molecule has 0 N–H and O–H groups in total. The molecule has 0 saturated carbocycles. The summed E-state index contributed by atoms with van der Waals surface area (Å²) in [6.07, 6.45) is 16.3. The van der Waals surface area contributed by atoms with Gasteiger partial charge in [-0.15, -0.1) is 0 Å². The minimum Gasteiger partial charge on any atom is -0.460 e. The van der Waals surface area contributed by atoms with E-state index in [2.05, 4.69) is 52.5 Å². The highest BCUT2D eigenvalue weighted by Crippen LogP contribution is 2.37. The third kappa shape index (κ3) is 7.52. The molecular weight excluding hydrogens is 566 g/mol. The number of nitrogens with zero attached hydrogens (tertiary/aromatic N) is 3. The molecule has 0 atom stereocenters. The summed E-state index contributed by atoms with van der Waals surface area (Å²) < 4.78 is 10.1. The van der Waals surface area contributed by atoms with E-state index in [1.54, 1.807) is 10.8 Å². The third-order valence-electron chi connectivity index (χ3n) is 7.48. The fourth-order valence-electron chi connectivity index (χ4n) is 5.20. The van der Waals surface area contributed by atoms with Crippen LogP contribution >= 0.6 is 15.9 Å². The fourth-order valence-corrected chi connectivity index (χ4v) is 5.75. The molecule has 0 spiro atoms. The van der Waals surface area contributed by atoms with Crippen LogP contribution in [0.4, 0.5) is 0 Å². The molecule has 1 aliphatic heterocycles. The molecule has 6 nitrogen and oxygen atoms in total. The first-order valence-electron chi connectivity index (χ1n) is 14.0. The van der Waals surface area contributed by atoms with E-state index in [-0.39, 0.29) is 18.1 Å². The minimum atomic E-state index is -0.606. The first-order valence-corrected chi connectivity index (χ1v) is 14.8. The quantitative estimate of drug-likeness (QED) is 0.196. The number of aromatic nitrogens is 2. The fraction of sp³-hybridized carbons (Fsp3) is 0.394. The lowest BCUT2D eigenvalue weighted by molar-refractivity contribution is -0.158. The Bertz CT molecular complexity index is 1340. The second kappa shape index (κ2) is 15.0. The molecular formula is C33H42BrN3O3. The zero-order valence-corrected chi connectivity index (χ0v) is 25.8. The van der Waals surface area contributed by atoms with Gasteiger partial charge in [-0.25, -0.2) is 4.68 Å². The molecule has 0 bridgehead atoms. The largest absolute Gasteiger partial charge is 0.460 e. The number of benzene rings is 1. The first kappa shape index (κ1) is 31.4. The molecule has 2 heterocycles. The molecule has 2 aromatic rings. The first-order chi connectivity index (χ1) is 19.3. The molecule has 1 saturated heterocycles. The molecule has 214 valence electrons. The van der Waals surface area contributed by atoms with Gasteiger partial charge in [0.15, 0.2) is 0 Å². The Morgan fingerprint density at radius 1 is 1.15 bits per heavy atom. The summed E-state index contributed by atoms with van der Waals surface area (Å²) in [6, 6.07) is 10.2. The van der Waals surface area contributed by atoms with Gasteiger partial charge in [-0.1, -0.05) is 80.3 Å². The molecule has 1 aromatic heterocycles. The number of piperidine rings is 1. The van der Waals surface area contributed by atoms with E-state index < -0.39 is 5.41 Å². The van der Waals surface area contributed by atoms with Crippen molar-refractivity contribution in [2.45, 2.75) is 53.0 Å². The number of carbonyl (C=O) groups excluding carboxylic acids is 1. The average molecular weight is 609 g/mol. The van der Waals surface area contributed by atoms with Gasteiger partial charge in [-0.05, 0) is 85.8 Å². The Labute approximate surface area is 247 Å². The monoisotopic (exact) mass is 607 g/mol. The van der Waals surface area contributed by atoms with E-state index in [1.807, 2.05) is 74.2 Å². The Morgan fingerprint density at radius 2 is 1.85 bits per heavy atom. The number of rotatable bonds is 12. The van der Waals surface area contributed by atoms with Crippen LogP contribution in [0.3, 0.4) is 0 Å². The molecule has 0 radical (unpaired) electrons. The number of hydrogen-bond donors (Lipinski definition) is 0. The average Bonchev–Trinajstić information content (AvgIpc) is 3.17. The van der Waals surface area contributed by atoms with Gasteiger partial charge in [0, 0.05) is 13.6 Å². The van der Waals surface area contributed by atoms with Gasteiger partial charge in [0.2, 0.25) is 0 Å². The highest BCUT2D eigenvalue weighted by molar-refractivity contribution is 9.10. The van der Waals surface area contributed by atoms with E-state index in [1.165, 1.54) is 0 Å². The van der Waals surface area contributed by atoms with Crippen LogP contribution in [0.15, 0.2) is 94.3 Å². The summed E-state index contributed by atoms with van der Waals surface area (Å²) in [5, 5.41) is 0. The second-order valence-corrected chi connectivity index (χ2v) is 11.0. The van der Waals surface area contributed by atoms with Crippen LogP contribution in [-0.2, 0) is 29.5 Å². The Kier molecular flexibility index (Phi) is 11.8. The van der Waals surface area contributed by atoms with Crippen molar-refractivity contribution in [1.29, 1.82) is 0 Å². The Hall–Kier alpha value is -3.16. The summed E-state index contributed by atoms with van der Waals surface area (Å²) in [4.78, 5) is 29.1. The lowest BCUT2D eigenvalue weighted by atomic mass is 9.73. The van der Waals surface area contributed by atoms with Crippen LogP contribution in [-0.4, -0.2) is 39.9 Å². The Balaban J connectivity index is 1.80. The predicted molar refractivity (Wildman–Crippen MR) is 168 cm³/mol. The standard InChI is InChI=1S/C33H42BrN3O3/c1-6-10-16-27(14-7-2)25-40-32(39)33(23-26-17-12-11-13-18-26)19-21-36(22-20-33)24-29-30(34)31(38)37(35(29)5)28(9-4)15-8-3/h7-18H,2,6,19-25H2,1,3-5H3/b15-8-,16-10-,27-14+,28-9+. The molecule has 1 fully saturated rings. The van der Waals surface area contributed by atoms with E-state index in [4.69, 9.17) is 4.74 Å².